The molecule has 1 fully saturated rings. The zero-order valence-electron chi connectivity index (χ0n) is 14.9. The maximum atomic E-state index is 12.6. The lowest BCUT2D eigenvalue weighted by molar-refractivity contribution is -0.121. The van der Waals surface area contributed by atoms with Crippen LogP contribution in [0.1, 0.15) is 23.2 Å². The summed E-state index contributed by atoms with van der Waals surface area (Å²) in [5.41, 5.74) is 1.21. The molecule has 0 bridgehead atoms. The van der Waals surface area contributed by atoms with Gasteiger partial charge in [-0.1, -0.05) is 29.3 Å². The Labute approximate surface area is 168 Å². The number of anilines is 1. The highest BCUT2D eigenvalue weighted by atomic mass is 35.5. The van der Waals surface area contributed by atoms with E-state index in [-0.39, 0.29) is 17.7 Å². The largest absolute Gasteiger partial charge is 0.497 e. The van der Waals surface area contributed by atoms with E-state index in [0.717, 1.165) is 0 Å². The molecule has 1 heterocycles. The van der Waals surface area contributed by atoms with Crippen molar-refractivity contribution in [2.75, 3.05) is 25.5 Å². The number of amides is 2. The van der Waals surface area contributed by atoms with Gasteiger partial charge in [-0.25, -0.2) is 0 Å². The summed E-state index contributed by atoms with van der Waals surface area (Å²) in [6, 6.07) is 12.1. The second-order valence-corrected chi connectivity index (χ2v) is 7.23. The van der Waals surface area contributed by atoms with Crippen LogP contribution in [0.25, 0.3) is 0 Å². The summed E-state index contributed by atoms with van der Waals surface area (Å²) >= 11 is 11.9. The Hall–Kier alpha value is -2.24. The van der Waals surface area contributed by atoms with Crippen LogP contribution >= 0.6 is 23.2 Å². The van der Waals surface area contributed by atoms with E-state index in [1.807, 2.05) is 0 Å². The van der Waals surface area contributed by atoms with Gasteiger partial charge in [0.2, 0.25) is 5.91 Å². The molecule has 0 spiro atoms. The third kappa shape index (κ3) is 4.73. The summed E-state index contributed by atoms with van der Waals surface area (Å²) < 4.78 is 5.17. The van der Waals surface area contributed by atoms with Gasteiger partial charge < -0.3 is 15.0 Å². The predicted molar refractivity (Wildman–Crippen MR) is 107 cm³/mol. The first-order valence-corrected chi connectivity index (χ1v) is 9.43. The first kappa shape index (κ1) is 19.5. The van der Waals surface area contributed by atoms with Crippen molar-refractivity contribution in [1.82, 2.24) is 4.90 Å². The topological polar surface area (TPSA) is 58.6 Å². The van der Waals surface area contributed by atoms with Gasteiger partial charge in [-0.3, -0.25) is 9.59 Å². The van der Waals surface area contributed by atoms with Crippen LogP contribution in [-0.4, -0.2) is 36.9 Å². The molecular weight excluding hydrogens is 387 g/mol. The van der Waals surface area contributed by atoms with Gasteiger partial charge in [0.15, 0.2) is 0 Å². The zero-order valence-corrected chi connectivity index (χ0v) is 16.4. The number of halogens is 2. The lowest BCUT2D eigenvalue weighted by atomic mass is 9.95. The molecule has 0 aromatic heterocycles. The van der Waals surface area contributed by atoms with Gasteiger partial charge in [-0.15, -0.1) is 0 Å². The van der Waals surface area contributed by atoms with Crippen molar-refractivity contribution in [2.24, 2.45) is 5.92 Å². The molecule has 27 heavy (non-hydrogen) atoms. The van der Waals surface area contributed by atoms with Gasteiger partial charge in [0.25, 0.3) is 5.91 Å². The third-order valence-electron chi connectivity index (χ3n) is 4.66. The number of carbonyl (C=O) groups excluding carboxylic acids is 2. The van der Waals surface area contributed by atoms with Gasteiger partial charge in [0.1, 0.15) is 5.75 Å². The van der Waals surface area contributed by atoms with Crippen LogP contribution in [0.2, 0.25) is 10.0 Å². The van der Waals surface area contributed by atoms with Crippen LogP contribution in [0.15, 0.2) is 42.5 Å². The second-order valence-electron chi connectivity index (χ2n) is 6.42. The van der Waals surface area contributed by atoms with E-state index >= 15 is 0 Å². The highest BCUT2D eigenvalue weighted by molar-refractivity contribution is 6.42. The van der Waals surface area contributed by atoms with Crippen molar-refractivity contribution in [2.45, 2.75) is 12.8 Å². The summed E-state index contributed by atoms with van der Waals surface area (Å²) in [6.45, 7) is 1.07. The van der Waals surface area contributed by atoms with Gasteiger partial charge in [0, 0.05) is 30.3 Å². The van der Waals surface area contributed by atoms with Gasteiger partial charge in [-0.05, 0) is 49.2 Å². The number of benzene rings is 2. The molecule has 1 aliphatic heterocycles. The van der Waals surface area contributed by atoms with Crippen molar-refractivity contribution in [3.8, 4) is 5.75 Å². The number of rotatable bonds is 4. The molecule has 0 aliphatic carbocycles. The summed E-state index contributed by atoms with van der Waals surface area (Å²) in [4.78, 5) is 26.9. The van der Waals surface area contributed by atoms with Crippen molar-refractivity contribution >= 4 is 40.7 Å². The lowest BCUT2D eigenvalue weighted by Gasteiger charge is -2.31. The van der Waals surface area contributed by atoms with Crippen molar-refractivity contribution in [1.29, 1.82) is 0 Å². The molecule has 0 radical (unpaired) electrons. The minimum absolute atomic E-state index is 0.0442. The Bertz CT molecular complexity index is 849. The summed E-state index contributed by atoms with van der Waals surface area (Å²) in [5.74, 6) is 0.393. The molecule has 2 amide bonds. The molecule has 0 saturated carbocycles. The molecule has 0 atom stereocenters. The Morgan fingerprint density at radius 2 is 1.81 bits per heavy atom. The Morgan fingerprint density at radius 1 is 1.07 bits per heavy atom. The molecule has 2 aromatic carbocycles. The zero-order chi connectivity index (χ0) is 19.4. The van der Waals surface area contributed by atoms with E-state index < -0.39 is 0 Å². The SMILES string of the molecule is COc1cccc(C(=O)N2CCC(C(=O)Nc3ccc(Cl)c(Cl)c3)CC2)c1. The minimum Gasteiger partial charge on any atom is -0.497 e. The minimum atomic E-state index is -0.145. The Morgan fingerprint density at radius 3 is 2.48 bits per heavy atom. The van der Waals surface area contributed by atoms with Gasteiger partial charge in [-0.2, -0.15) is 0 Å². The molecular formula is C20H20Cl2N2O3. The molecule has 2 aromatic rings. The van der Waals surface area contributed by atoms with Gasteiger partial charge >= 0.3 is 0 Å². The van der Waals surface area contributed by atoms with Gasteiger partial charge in [0.05, 0.1) is 17.2 Å². The van der Waals surface area contributed by atoms with Crippen LogP contribution in [0.3, 0.4) is 0 Å². The summed E-state index contributed by atoms with van der Waals surface area (Å²) in [6.07, 6.45) is 1.23. The lowest BCUT2D eigenvalue weighted by Crippen LogP contribution is -2.41. The van der Waals surface area contributed by atoms with Crippen molar-refractivity contribution < 1.29 is 14.3 Å². The van der Waals surface area contributed by atoms with E-state index in [0.29, 0.717) is 53.0 Å². The number of likely N-dealkylation sites (tertiary alicyclic amines) is 1. The molecule has 142 valence electrons. The number of hydrogen-bond donors (Lipinski definition) is 1. The Balaban J connectivity index is 1.56. The monoisotopic (exact) mass is 406 g/mol. The molecule has 1 saturated heterocycles. The number of ether oxygens (including phenoxy) is 1. The fraction of sp³-hybridized carbons (Fsp3) is 0.300. The number of methoxy groups -OCH3 is 1. The number of carbonyl (C=O) groups is 2. The average molecular weight is 407 g/mol. The molecule has 1 N–H and O–H groups in total. The van der Waals surface area contributed by atoms with E-state index in [4.69, 9.17) is 27.9 Å². The molecule has 1 aliphatic rings. The number of nitrogens with one attached hydrogen (secondary N) is 1. The first-order chi connectivity index (χ1) is 13.0. The third-order valence-corrected chi connectivity index (χ3v) is 5.40. The first-order valence-electron chi connectivity index (χ1n) is 8.67. The molecule has 5 nitrogen and oxygen atoms in total. The van der Waals surface area contributed by atoms with Crippen LogP contribution in [-0.2, 0) is 4.79 Å². The van der Waals surface area contributed by atoms with Crippen LogP contribution in [0, 0.1) is 5.92 Å². The van der Waals surface area contributed by atoms with E-state index in [2.05, 4.69) is 5.32 Å². The molecule has 0 unspecified atom stereocenters. The van der Waals surface area contributed by atoms with Crippen molar-refractivity contribution in [3.63, 3.8) is 0 Å². The smallest absolute Gasteiger partial charge is 0.253 e. The maximum absolute atomic E-state index is 12.6. The number of nitrogens with zero attached hydrogens (tertiary/aromatic N) is 1. The fourth-order valence-electron chi connectivity index (χ4n) is 3.10. The van der Waals surface area contributed by atoms with E-state index in [1.54, 1.807) is 54.5 Å². The quantitative estimate of drug-likeness (QED) is 0.813. The standard InChI is InChI=1S/C20H20Cl2N2O3/c1-27-16-4-2-3-14(11-16)20(26)24-9-7-13(8-10-24)19(25)23-15-5-6-17(21)18(22)12-15/h2-6,11-13H,7-10H2,1H3,(H,23,25). The summed E-state index contributed by atoms with van der Waals surface area (Å²) in [5, 5.41) is 3.71. The van der Waals surface area contributed by atoms with Crippen LogP contribution < -0.4 is 10.1 Å². The predicted octanol–water partition coefficient (Wildman–Crippen LogP) is 4.49. The Kier molecular flexibility index (Phi) is 6.24. The second kappa shape index (κ2) is 8.63. The van der Waals surface area contributed by atoms with E-state index in [9.17, 15) is 9.59 Å². The number of piperidine rings is 1. The highest BCUT2D eigenvalue weighted by Gasteiger charge is 2.28. The van der Waals surface area contributed by atoms with Crippen LogP contribution in [0.5, 0.6) is 5.75 Å². The fourth-order valence-corrected chi connectivity index (χ4v) is 3.40. The average Bonchev–Trinajstić information content (AvgIpc) is 2.70. The normalized spacial score (nSPS) is 14.7. The molecule has 7 heteroatoms. The summed E-state index contributed by atoms with van der Waals surface area (Å²) in [7, 11) is 1.57. The van der Waals surface area contributed by atoms with Crippen LogP contribution in [0.4, 0.5) is 5.69 Å². The molecule has 3 rings (SSSR count). The van der Waals surface area contributed by atoms with E-state index in [1.165, 1.54) is 0 Å². The maximum Gasteiger partial charge on any atom is 0.253 e. The highest BCUT2D eigenvalue weighted by Crippen LogP contribution is 2.26. The number of hydrogen-bond acceptors (Lipinski definition) is 3. The van der Waals surface area contributed by atoms with Crippen molar-refractivity contribution in [3.05, 3.63) is 58.1 Å².